The molecule has 2 fully saturated rings. The van der Waals surface area contributed by atoms with Crippen LogP contribution in [0.4, 0.5) is 4.79 Å². The van der Waals surface area contributed by atoms with Crippen molar-refractivity contribution in [2.75, 3.05) is 46.8 Å². The molecule has 1 N–H and O–H groups in total. The van der Waals surface area contributed by atoms with Crippen LogP contribution in [0, 0.1) is 0 Å². The van der Waals surface area contributed by atoms with E-state index in [1.54, 1.807) is 4.90 Å². The standard InChI is InChI=1S/C13H26N4O/c1-4-17(12-9-14-10-12)11-5-7-16(8-6-11)13(18)15(2)3/h11-12,14H,4-10H2,1-3H3. The van der Waals surface area contributed by atoms with Crippen molar-refractivity contribution in [2.24, 2.45) is 0 Å². The third kappa shape index (κ3) is 2.78. The van der Waals surface area contributed by atoms with Crippen LogP contribution < -0.4 is 5.32 Å². The van der Waals surface area contributed by atoms with Gasteiger partial charge in [-0.3, -0.25) is 4.90 Å². The lowest BCUT2D eigenvalue weighted by Gasteiger charge is -2.45. The molecule has 0 saturated carbocycles. The van der Waals surface area contributed by atoms with Gasteiger partial charge in [-0.2, -0.15) is 0 Å². The molecule has 0 spiro atoms. The van der Waals surface area contributed by atoms with E-state index in [1.165, 1.54) is 0 Å². The van der Waals surface area contributed by atoms with E-state index < -0.39 is 0 Å². The number of nitrogens with zero attached hydrogens (tertiary/aromatic N) is 3. The van der Waals surface area contributed by atoms with Crippen molar-refractivity contribution < 1.29 is 4.79 Å². The molecule has 2 saturated heterocycles. The van der Waals surface area contributed by atoms with E-state index >= 15 is 0 Å². The molecule has 18 heavy (non-hydrogen) atoms. The molecule has 2 aliphatic rings. The zero-order chi connectivity index (χ0) is 13.1. The second kappa shape index (κ2) is 5.89. The van der Waals surface area contributed by atoms with Crippen molar-refractivity contribution in [1.29, 1.82) is 0 Å². The fourth-order valence-electron chi connectivity index (χ4n) is 2.99. The van der Waals surface area contributed by atoms with Gasteiger partial charge in [0, 0.05) is 52.4 Å². The van der Waals surface area contributed by atoms with Gasteiger partial charge in [0.05, 0.1) is 0 Å². The van der Waals surface area contributed by atoms with Crippen LogP contribution >= 0.6 is 0 Å². The summed E-state index contributed by atoms with van der Waals surface area (Å²) in [4.78, 5) is 18.1. The Hall–Kier alpha value is -0.810. The Balaban J connectivity index is 1.83. The zero-order valence-electron chi connectivity index (χ0n) is 11.9. The van der Waals surface area contributed by atoms with Crippen LogP contribution in [-0.4, -0.2) is 79.6 Å². The van der Waals surface area contributed by atoms with Crippen LogP contribution in [0.2, 0.25) is 0 Å². The number of likely N-dealkylation sites (tertiary alicyclic amines) is 1. The highest BCUT2D eigenvalue weighted by atomic mass is 16.2. The average Bonchev–Trinajstić information content (AvgIpc) is 2.32. The summed E-state index contributed by atoms with van der Waals surface area (Å²) in [6, 6.07) is 1.53. The van der Waals surface area contributed by atoms with Gasteiger partial charge in [-0.1, -0.05) is 6.92 Å². The predicted molar refractivity (Wildman–Crippen MR) is 72.7 cm³/mol. The first-order chi connectivity index (χ1) is 8.63. The van der Waals surface area contributed by atoms with E-state index in [-0.39, 0.29) is 6.03 Å². The molecule has 0 aliphatic carbocycles. The SMILES string of the molecule is CCN(C1CCN(C(=O)N(C)C)CC1)C1CNC1. The number of carbonyl (C=O) groups is 1. The zero-order valence-corrected chi connectivity index (χ0v) is 11.9. The molecule has 2 amide bonds. The minimum Gasteiger partial charge on any atom is -0.331 e. The summed E-state index contributed by atoms with van der Waals surface area (Å²) in [6.45, 7) is 7.43. The molecule has 5 nitrogen and oxygen atoms in total. The van der Waals surface area contributed by atoms with Gasteiger partial charge < -0.3 is 15.1 Å². The largest absolute Gasteiger partial charge is 0.331 e. The van der Waals surface area contributed by atoms with E-state index in [2.05, 4.69) is 17.1 Å². The highest BCUT2D eigenvalue weighted by molar-refractivity contribution is 5.73. The number of rotatable bonds is 3. The monoisotopic (exact) mass is 254 g/mol. The first-order valence-corrected chi connectivity index (χ1v) is 7.06. The lowest BCUT2D eigenvalue weighted by Crippen LogP contribution is -2.61. The van der Waals surface area contributed by atoms with E-state index in [1.807, 2.05) is 19.0 Å². The lowest BCUT2D eigenvalue weighted by molar-refractivity contribution is 0.0599. The van der Waals surface area contributed by atoms with Gasteiger partial charge in [-0.25, -0.2) is 4.79 Å². The van der Waals surface area contributed by atoms with Gasteiger partial charge >= 0.3 is 6.03 Å². The second-order valence-corrected chi connectivity index (χ2v) is 5.54. The molecule has 2 heterocycles. The lowest BCUT2D eigenvalue weighted by atomic mass is 9.99. The Morgan fingerprint density at radius 1 is 1.22 bits per heavy atom. The van der Waals surface area contributed by atoms with E-state index in [0.29, 0.717) is 6.04 Å². The number of carbonyl (C=O) groups excluding carboxylic acids is 1. The van der Waals surface area contributed by atoms with E-state index in [0.717, 1.165) is 51.6 Å². The van der Waals surface area contributed by atoms with Crippen LogP contribution in [-0.2, 0) is 0 Å². The van der Waals surface area contributed by atoms with Gasteiger partial charge in [0.2, 0.25) is 0 Å². The first-order valence-electron chi connectivity index (χ1n) is 7.06. The van der Waals surface area contributed by atoms with Crippen molar-refractivity contribution in [3.8, 4) is 0 Å². The second-order valence-electron chi connectivity index (χ2n) is 5.54. The molecular weight excluding hydrogens is 228 g/mol. The number of hydrogen-bond donors (Lipinski definition) is 1. The molecule has 0 aromatic heterocycles. The van der Waals surface area contributed by atoms with Crippen LogP contribution in [0.3, 0.4) is 0 Å². The molecule has 104 valence electrons. The fourth-order valence-corrected chi connectivity index (χ4v) is 2.99. The first kappa shape index (κ1) is 13.6. The molecule has 0 bridgehead atoms. The maximum Gasteiger partial charge on any atom is 0.319 e. The van der Waals surface area contributed by atoms with Crippen LogP contribution in [0.5, 0.6) is 0 Å². The molecule has 0 aromatic carbocycles. The highest BCUT2D eigenvalue weighted by Gasteiger charge is 2.32. The van der Waals surface area contributed by atoms with Crippen molar-refractivity contribution in [1.82, 2.24) is 20.0 Å². The van der Waals surface area contributed by atoms with Gasteiger partial charge in [0.15, 0.2) is 0 Å². The minimum atomic E-state index is 0.154. The Kier molecular flexibility index (Phi) is 4.45. The Morgan fingerprint density at radius 3 is 2.22 bits per heavy atom. The Labute approximate surface area is 110 Å². The molecule has 2 rings (SSSR count). The van der Waals surface area contributed by atoms with Gasteiger partial charge in [0.25, 0.3) is 0 Å². The molecule has 0 radical (unpaired) electrons. The summed E-state index contributed by atoms with van der Waals surface area (Å²) in [7, 11) is 3.65. The van der Waals surface area contributed by atoms with Crippen molar-refractivity contribution >= 4 is 6.03 Å². The normalized spacial score (nSPS) is 22.1. The molecule has 0 aromatic rings. The predicted octanol–water partition coefficient (Wildman–Crippen LogP) is 0.426. The Bertz CT molecular complexity index is 283. The number of urea groups is 1. The van der Waals surface area contributed by atoms with Crippen LogP contribution in [0.15, 0.2) is 0 Å². The third-order valence-corrected chi connectivity index (χ3v) is 4.18. The van der Waals surface area contributed by atoms with Crippen LogP contribution in [0.1, 0.15) is 19.8 Å². The van der Waals surface area contributed by atoms with Crippen LogP contribution in [0.25, 0.3) is 0 Å². The summed E-state index contributed by atoms with van der Waals surface area (Å²) in [5.74, 6) is 0. The van der Waals surface area contributed by atoms with Crippen molar-refractivity contribution in [3.05, 3.63) is 0 Å². The van der Waals surface area contributed by atoms with E-state index in [4.69, 9.17) is 0 Å². The number of hydrogen-bond acceptors (Lipinski definition) is 3. The smallest absolute Gasteiger partial charge is 0.319 e. The maximum atomic E-state index is 11.9. The summed E-state index contributed by atoms with van der Waals surface area (Å²) >= 11 is 0. The third-order valence-electron chi connectivity index (χ3n) is 4.18. The van der Waals surface area contributed by atoms with Gasteiger partial charge in [-0.15, -0.1) is 0 Å². The summed E-state index contributed by atoms with van der Waals surface area (Å²) < 4.78 is 0. The Morgan fingerprint density at radius 2 is 1.83 bits per heavy atom. The van der Waals surface area contributed by atoms with Crippen molar-refractivity contribution in [3.63, 3.8) is 0 Å². The molecule has 0 atom stereocenters. The maximum absolute atomic E-state index is 11.9. The molecule has 2 aliphatic heterocycles. The number of amides is 2. The molecule has 0 unspecified atom stereocenters. The quantitative estimate of drug-likeness (QED) is 0.793. The van der Waals surface area contributed by atoms with Gasteiger partial charge in [0.1, 0.15) is 0 Å². The summed E-state index contributed by atoms with van der Waals surface area (Å²) in [5, 5.41) is 3.34. The summed E-state index contributed by atoms with van der Waals surface area (Å²) in [6.07, 6.45) is 2.23. The number of piperidine rings is 1. The molecule has 5 heteroatoms. The number of likely N-dealkylation sites (N-methyl/N-ethyl adjacent to an activating group) is 1. The number of nitrogens with one attached hydrogen (secondary N) is 1. The van der Waals surface area contributed by atoms with Gasteiger partial charge in [-0.05, 0) is 19.4 Å². The topological polar surface area (TPSA) is 38.8 Å². The minimum absolute atomic E-state index is 0.154. The van der Waals surface area contributed by atoms with Crippen molar-refractivity contribution in [2.45, 2.75) is 31.8 Å². The van der Waals surface area contributed by atoms with E-state index in [9.17, 15) is 4.79 Å². The average molecular weight is 254 g/mol. The summed E-state index contributed by atoms with van der Waals surface area (Å²) in [5.41, 5.74) is 0. The fraction of sp³-hybridized carbons (Fsp3) is 0.923. The highest BCUT2D eigenvalue weighted by Crippen LogP contribution is 2.20. The molecular formula is C13H26N4O.